The second kappa shape index (κ2) is 10.9. The molecule has 0 unspecified atom stereocenters. The third kappa shape index (κ3) is 5.82. The van der Waals surface area contributed by atoms with Gasteiger partial charge in [0.15, 0.2) is 0 Å². The molecular formula is C24H26N6O6-2. The largest absolute Gasteiger partial charge is 0.733 e. The number of nitrogens with one attached hydrogen (secondary N) is 1. The van der Waals surface area contributed by atoms with Gasteiger partial charge in [-0.05, 0) is 42.0 Å². The fourth-order valence-corrected chi connectivity index (χ4v) is 3.54. The van der Waals surface area contributed by atoms with Gasteiger partial charge in [0.05, 0.1) is 34.4 Å². The summed E-state index contributed by atoms with van der Waals surface area (Å²) in [5, 5.41) is 56.5. The van der Waals surface area contributed by atoms with Crippen molar-refractivity contribution in [3.63, 3.8) is 0 Å². The molecule has 0 heterocycles. The zero-order valence-corrected chi connectivity index (χ0v) is 20.1. The number of carboxylic acids is 1. The average molecular weight is 495 g/mol. The van der Waals surface area contributed by atoms with Crippen LogP contribution >= 0.6 is 0 Å². The van der Waals surface area contributed by atoms with Gasteiger partial charge in [0, 0.05) is 39.3 Å². The van der Waals surface area contributed by atoms with Gasteiger partial charge in [-0.3, -0.25) is 21.0 Å². The molecule has 0 aliphatic carbocycles. The first kappa shape index (κ1) is 26.2. The summed E-state index contributed by atoms with van der Waals surface area (Å²) in [6.07, 6.45) is 0. The molecule has 0 radical (unpaired) electrons. The number of hydrogen-bond acceptors (Lipinski definition) is 12. The van der Waals surface area contributed by atoms with E-state index in [-0.39, 0.29) is 33.1 Å². The topological polar surface area (TPSA) is 161 Å². The van der Waals surface area contributed by atoms with Crippen molar-refractivity contribution in [1.29, 1.82) is 0 Å². The molecule has 0 bridgehead atoms. The van der Waals surface area contributed by atoms with Gasteiger partial charge in [-0.2, -0.15) is 5.10 Å². The molecule has 0 aliphatic rings. The molecule has 3 aromatic carbocycles. The van der Waals surface area contributed by atoms with Crippen LogP contribution in [0.5, 0.6) is 0 Å². The number of carboxylic acid groups (broad SMARTS) is 1. The molecule has 0 saturated heterocycles. The summed E-state index contributed by atoms with van der Waals surface area (Å²) in [6.45, 7) is 0. The number of carbonyl (C=O) groups excluding carboxylic acids is 1. The van der Waals surface area contributed by atoms with Crippen molar-refractivity contribution in [2.24, 2.45) is 5.10 Å². The van der Waals surface area contributed by atoms with Crippen LogP contribution in [0.25, 0.3) is 0 Å². The van der Waals surface area contributed by atoms with Crippen molar-refractivity contribution in [3.8, 4) is 0 Å². The quantitative estimate of drug-likeness (QED) is 0.255. The number of rotatable bonds is 9. The number of anilines is 5. The lowest BCUT2D eigenvalue weighted by Crippen LogP contribution is -2.22. The van der Waals surface area contributed by atoms with Crippen LogP contribution in [0.2, 0.25) is 0 Å². The SMILES string of the molecule is CN(C)c1ccc(C(=NNc2cccc(C(=O)[O-])c2)c2ccc(N(C)C)c(N(O)O)c2)cc1N([O-])O. The zero-order valence-electron chi connectivity index (χ0n) is 20.1. The summed E-state index contributed by atoms with van der Waals surface area (Å²) in [4.78, 5) is 14.6. The van der Waals surface area contributed by atoms with Crippen LogP contribution < -0.4 is 30.8 Å². The normalized spacial score (nSPS) is 11.2. The number of hydrogen-bond donors (Lipinski definition) is 4. The van der Waals surface area contributed by atoms with Gasteiger partial charge < -0.3 is 30.1 Å². The molecule has 0 fully saturated rings. The van der Waals surface area contributed by atoms with E-state index in [1.807, 2.05) is 0 Å². The maximum atomic E-state index is 11.9. The van der Waals surface area contributed by atoms with E-state index in [1.54, 1.807) is 68.3 Å². The van der Waals surface area contributed by atoms with Crippen LogP contribution in [-0.4, -0.2) is 55.5 Å². The Bertz CT molecular complexity index is 1210. The predicted molar refractivity (Wildman–Crippen MR) is 135 cm³/mol. The highest BCUT2D eigenvalue weighted by Crippen LogP contribution is 2.32. The maximum Gasteiger partial charge on any atom is 0.118 e. The van der Waals surface area contributed by atoms with Gasteiger partial charge in [0.25, 0.3) is 0 Å². The highest BCUT2D eigenvalue weighted by atomic mass is 16.8. The molecule has 36 heavy (non-hydrogen) atoms. The van der Waals surface area contributed by atoms with Crippen LogP contribution in [0.4, 0.5) is 28.4 Å². The summed E-state index contributed by atoms with van der Waals surface area (Å²) < 4.78 is 0. The number of nitrogens with zero attached hydrogens (tertiary/aromatic N) is 5. The third-order valence-corrected chi connectivity index (χ3v) is 5.28. The molecule has 3 aromatic rings. The lowest BCUT2D eigenvalue weighted by Gasteiger charge is -2.28. The van der Waals surface area contributed by atoms with E-state index in [4.69, 9.17) is 0 Å². The molecule has 0 amide bonds. The maximum absolute atomic E-state index is 11.9. The van der Waals surface area contributed by atoms with Gasteiger partial charge in [0.2, 0.25) is 0 Å². The van der Waals surface area contributed by atoms with Crippen LogP contribution in [-0.2, 0) is 0 Å². The molecule has 0 aromatic heterocycles. The molecule has 4 N–H and O–H groups in total. The molecule has 0 aliphatic heterocycles. The van der Waals surface area contributed by atoms with E-state index < -0.39 is 5.97 Å². The third-order valence-electron chi connectivity index (χ3n) is 5.28. The monoisotopic (exact) mass is 494 g/mol. The first-order chi connectivity index (χ1) is 17.0. The zero-order chi connectivity index (χ0) is 26.6. The first-order valence-corrected chi connectivity index (χ1v) is 10.6. The van der Waals surface area contributed by atoms with Crippen LogP contribution in [0.3, 0.4) is 0 Å². The van der Waals surface area contributed by atoms with E-state index in [1.165, 1.54) is 30.3 Å². The van der Waals surface area contributed by atoms with Crippen molar-refractivity contribution in [3.05, 3.63) is 82.6 Å². The predicted octanol–water partition coefficient (Wildman–Crippen LogP) is 2.32. The number of benzene rings is 3. The molecular weight excluding hydrogens is 468 g/mol. The first-order valence-electron chi connectivity index (χ1n) is 10.6. The second-order valence-electron chi connectivity index (χ2n) is 8.20. The fourth-order valence-electron chi connectivity index (χ4n) is 3.54. The van der Waals surface area contributed by atoms with Crippen molar-refractivity contribution in [2.45, 2.75) is 0 Å². The van der Waals surface area contributed by atoms with E-state index in [0.29, 0.717) is 28.2 Å². The van der Waals surface area contributed by atoms with E-state index in [2.05, 4.69) is 10.5 Å². The van der Waals surface area contributed by atoms with Gasteiger partial charge in [-0.1, -0.05) is 24.3 Å². The molecule has 12 heteroatoms. The van der Waals surface area contributed by atoms with Crippen LogP contribution in [0.1, 0.15) is 21.5 Å². The Labute approximate surface area is 207 Å². The fraction of sp³-hybridized carbons (Fsp3) is 0.167. The number of carbonyl (C=O) groups is 1. The Morgan fingerprint density at radius 1 is 0.778 bits per heavy atom. The van der Waals surface area contributed by atoms with Gasteiger partial charge >= 0.3 is 0 Å². The minimum Gasteiger partial charge on any atom is -0.733 e. The van der Waals surface area contributed by atoms with Gasteiger partial charge in [-0.15, -0.1) is 5.23 Å². The standard InChI is InChI=1S/C24H27N6O6/c1-27(2)19-10-8-15(13-21(19)29(33)34)23(26-25-18-7-5-6-17(12-18)24(31)32)16-9-11-20(28(3)4)22(14-16)30(35)36/h5-14,25,33-35H,1-4H3,(H,31,32)/q-1/p-1. The molecule has 0 atom stereocenters. The van der Waals surface area contributed by atoms with E-state index >= 15 is 0 Å². The minimum absolute atomic E-state index is 0.0130. The molecule has 0 saturated carbocycles. The van der Waals surface area contributed by atoms with Gasteiger partial charge in [-0.25, -0.2) is 0 Å². The summed E-state index contributed by atoms with van der Waals surface area (Å²) >= 11 is 0. The summed E-state index contributed by atoms with van der Waals surface area (Å²) in [5.41, 5.74) is 5.14. The van der Waals surface area contributed by atoms with Gasteiger partial charge in [0.1, 0.15) is 5.69 Å². The molecule has 0 spiro atoms. The van der Waals surface area contributed by atoms with Crippen LogP contribution in [0, 0.1) is 5.21 Å². The van der Waals surface area contributed by atoms with Crippen molar-refractivity contribution >= 4 is 40.1 Å². The Morgan fingerprint density at radius 3 is 1.83 bits per heavy atom. The van der Waals surface area contributed by atoms with Crippen LogP contribution in [0.15, 0.2) is 65.8 Å². The average Bonchev–Trinajstić information content (AvgIpc) is 2.83. The Balaban J connectivity index is 2.19. The number of aromatic carboxylic acids is 1. The molecule has 12 nitrogen and oxygen atoms in total. The van der Waals surface area contributed by atoms with Crippen molar-refractivity contribution in [2.75, 3.05) is 53.9 Å². The Hall–Kier alpha value is -4.36. The summed E-state index contributed by atoms with van der Waals surface area (Å²) in [6, 6.07) is 15.4. The minimum atomic E-state index is -1.35. The van der Waals surface area contributed by atoms with E-state index in [0.717, 1.165) is 0 Å². The van der Waals surface area contributed by atoms with Crippen molar-refractivity contribution < 1.29 is 25.5 Å². The smallest absolute Gasteiger partial charge is 0.118 e. The lowest BCUT2D eigenvalue weighted by atomic mass is 10.00. The Kier molecular flexibility index (Phi) is 7.96. The molecule has 3 rings (SSSR count). The lowest BCUT2D eigenvalue weighted by molar-refractivity contribution is -0.255. The summed E-state index contributed by atoms with van der Waals surface area (Å²) in [7, 11) is 6.90. The summed E-state index contributed by atoms with van der Waals surface area (Å²) in [5.74, 6) is -1.35. The Morgan fingerprint density at radius 2 is 1.33 bits per heavy atom. The highest BCUT2D eigenvalue weighted by molar-refractivity contribution is 6.14. The second-order valence-corrected chi connectivity index (χ2v) is 8.20. The molecule has 190 valence electrons. The van der Waals surface area contributed by atoms with Crippen molar-refractivity contribution in [1.82, 2.24) is 0 Å². The number of hydrazone groups is 1. The highest BCUT2D eigenvalue weighted by Gasteiger charge is 2.17. The van der Waals surface area contributed by atoms with E-state index in [9.17, 15) is 30.7 Å².